The fourth-order valence-electron chi connectivity index (χ4n) is 3.70. The maximum absolute atomic E-state index is 5.47. The number of morpholine rings is 1. The van der Waals surface area contributed by atoms with Crippen LogP contribution in [0.2, 0.25) is 0 Å². The molecule has 0 amide bonds. The van der Waals surface area contributed by atoms with Crippen LogP contribution in [-0.4, -0.2) is 57.4 Å². The van der Waals surface area contributed by atoms with Crippen molar-refractivity contribution in [2.45, 2.75) is 32.9 Å². The summed E-state index contributed by atoms with van der Waals surface area (Å²) in [5, 5.41) is 6.83. The highest BCUT2D eigenvalue weighted by atomic mass is 16.5. The summed E-state index contributed by atoms with van der Waals surface area (Å²) in [6.45, 7) is 9.08. The Kier molecular flexibility index (Phi) is 9.67. The molecule has 0 aliphatic carbocycles. The van der Waals surface area contributed by atoms with E-state index in [4.69, 9.17) is 14.5 Å². The van der Waals surface area contributed by atoms with Gasteiger partial charge in [0.05, 0.1) is 26.9 Å². The molecule has 1 aliphatic heterocycles. The molecular formula is C25H36N4O2. The van der Waals surface area contributed by atoms with Crippen LogP contribution in [-0.2, 0) is 24.2 Å². The van der Waals surface area contributed by atoms with Crippen LogP contribution in [0.4, 0.5) is 0 Å². The lowest BCUT2D eigenvalue weighted by atomic mass is 10.1. The third-order valence-electron chi connectivity index (χ3n) is 5.44. The molecule has 2 N–H and O–H groups in total. The van der Waals surface area contributed by atoms with Crippen LogP contribution in [0.25, 0.3) is 0 Å². The molecule has 0 bridgehead atoms. The SMILES string of the molecule is CCNC(=NCc1ccccc1CN1CCOCC1)NCCCc1cccc(OC)c1. The summed E-state index contributed by atoms with van der Waals surface area (Å²) in [6, 6.07) is 16.9. The fourth-order valence-corrected chi connectivity index (χ4v) is 3.70. The average molecular weight is 425 g/mol. The maximum Gasteiger partial charge on any atom is 0.191 e. The third-order valence-corrected chi connectivity index (χ3v) is 5.44. The monoisotopic (exact) mass is 424 g/mol. The second-order valence-electron chi connectivity index (χ2n) is 7.73. The number of nitrogens with one attached hydrogen (secondary N) is 2. The van der Waals surface area contributed by atoms with Gasteiger partial charge in [0.2, 0.25) is 0 Å². The molecular weight excluding hydrogens is 388 g/mol. The quantitative estimate of drug-likeness (QED) is 0.348. The smallest absolute Gasteiger partial charge is 0.191 e. The van der Waals surface area contributed by atoms with Gasteiger partial charge in [-0.3, -0.25) is 4.90 Å². The van der Waals surface area contributed by atoms with Gasteiger partial charge in [-0.25, -0.2) is 4.99 Å². The molecule has 1 heterocycles. The Morgan fingerprint density at radius 2 is 1.87 bits per heavy atom. The number of aliphatic imine (C=N–C) groups is 1. The number of ether oxygens (including phenoxy) is 2. The minimum atomic E-state index is 0.672. The van der Waals surface area contributed by atoms with E-state index in [9.17, 15) is 0 Å². The van der Waals surface area contributed by atoms with Crippen molar-refractivity contribution in [2.75, 3.05) is 46.5 Å². The van der Waals surface area contributed by atoms with Gasteiger partial charge in [0.1, 0.15) is 5.75 Å². The zero-order chi connectivity index (χ0) is 21.7. The molecule has 168 valence electrons. The van der Waals surface area contributed by atoms with Gasteiger partial charge in [-0.2, -0.15) is 0 Å². The predicted octanol–water partition coefficient (Wildman–Crippen LogP) is 3.22. The number of guanidine groups is 1. The molecule has 0 atom stereocenters. The summed E-state index contributed by atoms with van der Waals surface area (Å²) >= 11 is 0. The van der Waals surface area contributed by atoms with Crippen molar-refractivity contribution in [3.8, 4) is 5.75 Å². The summed E-state index contributed by atoms with van der Waals surface area (Å²) < 4.78 is 10.8. The first kappa shape index (κ1) is 23.1. The minimum Gasteiger partial charge on any atom is -0.497 e. The first-order valence-electron chi connectivity index (χ1n) is 11.3. The first-order valence-corrected chi connectivity index (χ1v) is 11.3. The predicted molar refractivity (Wildman–Crippen MR) is 127 cm³/mol. The number of aryl methyl sites for hydroxylation is 1. The lowest BCUT2D eigenvalue weighted by Gasteiger charge is -2.27. The number of rotatable bonds is 10. The minimum absolute atomic E-state index is 0.672. The Bertz CT molecular complexity index is 819. The molecule has 0 radical (unpaired) electrons. The molecule has 2 aromatic carbocycles. The molecule has 31 heavy (non-hydrogen) atoms. The third kappa shape index (κ3) is 7.89. The van der Waals surface area contributed by atoms with Gasteiger partial charge in [-0.05, 0) is 48.6 Å². The van der Waals surface area contributed by atoms with E-state index in [-0.39, 0.29) is 0 Å². The van der Waals surface area contributed by atoms with Crippen LogP contribution < -0.4 is 15.4 Å². The summed E-state index contributed by atoms with van der Waals surface area (Å²) in [5.74, 6) is 1.78. The fraction of sp³-hybridized carbons (Fsp3) is 0.480. The van der Waals surface area contributed by atoms with Crippen molar-refractivity contribution in [2.24, 2.45) is 4.99 Å². The van der Waals surface area contributed by atoms with E-state index >= 15 is 0 Å². The molecule has 2 aromatic rings. The van der Waals surface area contributed by atoms with E-state index in [0.717, 1.165) is 70.5 Å². The van der Waals surface area contributed by atoms with Crippen LogP contribution >= 0.6 is 0 Å². The maximum atomic E-state index is 5.47. The molecule has 3 rings (SSSR count). The highest BCUT2D eigenvalue weighted by Crippen LogP contribution is 2.15. The lowest BCUT2D eigenvalue weighted by Crippen LogP contribution is -2.38. The van der Waals surface area contributed by atoms with E-state index in [1.54, 1.807) is 7.11 Å². The molecule has 1 aliphatic rings. The van der Waals surface area contributed by atoms with E-state index < -0.39 is 0 Å². The van der Waals surface area contributed by atoms with Gasteiger partial charge in [-0.1, -0.05) is 36.4 Å². The molecule has 0 saturated carbocycles. The largest absolute Gasteiger partial charge is 0.497 e. The Morgan fingerprint density at radius 3 is 2.65 bits per heavy atom. The summed E-state index contributed by atoms with van der Waals surface area (Å²) in [7, 11) is 1.71. The molecule has 6 nitrogen and oxygen atoms in total. The van der Waals surface area contributed by atoms with E-state index in [1.807, 2.05) is 12.1 Å². The molecule has 0 aromatic heterocycles. The molecule has 6 heteroatoms. The molecule has 1 saturated heterocycles. The van der Waals surface area contributed by atoms with Crippen molar-refractivity contribution in [1.29, 1.82) is 0 Å². The van der Waals surface area contributed by atoms with E-state index in [0.29, 0.717) is 6.54 Å². The molecule has 1 fully saturated rings. The van der Waals surface area contributed by atoms with Crippen LogP contribution in [0.1, 0.15) is 30.0 Å². The number of hydrogen-bond acceptors (Lipinski definition) is 4. The van der Waals surface area contributed by atoms with Gasteiger partial charge in [-0.15, -0.1) is 0 Å². The van der Waals surface area contributed by atoms with E-state index in [2.05, 4.69) is 58.9 Å². The zero-order valence-corrected chi connectivity index (χ0v) is 18.9. The summed E-state index contributed by atoms with van der Waals surface area (Å²) in [6.07, 6.45) is 2.04. The van der Waals surface area contributed by atoms with Crippen molar-refractivity contribution in [1.82, 2.24) is 15.5 Å². The Labute approximate surface area is 186 Å². The van der Waals surface area contributed by atoms with Gasteiger partial charge in [0.25, 0.3) is 0 Å². The number of methoxy groups -OCH3 is 1. The summed E-state index contributed by atoms with van der Waals surface area (Å²) in [4.78, 5) is 7.29. The lowest BCUT2D eigenvalue weighted by molar-refractivity contribution is 0.0341. The van der Waals surface area contributed by atoms with Gasteiger partial charge in [0.15, 0.2) is 5.96 Å². The van der Waals surface area contributed by atoms with Crippen molar-refractivity contribution < 1.29 is 9.47 Å². The number of benzene rings is 2. The van der Waals surface area contributed by atoms with Crippen LogP contribution in [0.3, 0.4) is 0 Å². The second kappa shape index (κ2) is 13.0. The van der Waals surface area contributed by atoms with E-state index in [1.165, 1.54) is 16.7 Å². The molecule has 0 spiro atoms. The first-order chi connectivity index (χ1) is 15.3. The van der Waals surface area contributed by atoms with Crippen LogP contribution in [0.5, 0.6) is 5.75 Å². The van der Waals surface area contributed by atoms with Gasteiger partial charge >= 0.3 is 0 Å². The summed E-state index contributed by atoms with van der Waals surface area (Å²) in [5.41, 5.74) is 3.92. The topological polar surface area (TPSA) is 58.1 Å². The average Bonchev–Trinajstić information content (AvgIpc) is 2.82. The number of nitrogens with zero attached hydrogens (tertiary/aromatic N) is 2. The Morgan fingerprint density at radius 1 is 1.06 bits per heavy atom. The van der Waals surface area contributed by atoms with Gasteiger partial charge in [0, 0.05) is 32.7 Å². The zero-order valence-electron chi connectivity index (χ0n) is 18.9. The Hall–Kier alpha value is -2.57. The highest BCUT2D eigenvalue weighted by molar-refractivity contribution is 5.79. The van der Waals surface area contributed by atoms with Gasteiger partial charge < -0.3 is 20.1 Å². The Balaban J connectivity index is 1.52. The highest BCUT2D eigenvalue weighted by Gasteiger charge is 2.12. The standard InChI is InChI=1S/C25H36N4O2/c1-3-26-25(27-13-7-9-21-8-6-12-24(18-21)30-2)28-19-22-10-4-5-11-23(22)20-29-14-16-31-17-15-29/h4-6,8,10-12,18H,3,7,9,13-17,19-20H2,1-2H3,(H2,26,27,28). The normalized spacial score (nSPS) is 15.0. The second-order valence-corrected chi connectivity index (χ2v) is 7.73. The van der Waals surface area contributed by atoms with Crippen molar-refractivity contribution in [3.63, 3.8) is 0 Å². The molecule has 0 unspecified atom stereocenters. The van der Waals surface area contributed by atoms with Crippen LogP contribution in [0.15, 0.2) is 53.5 Å². The van der Waals surface area contributed by atoms with Crippen molar-refractivity contribution in [3.05, 3.63) is 65.2 Å². The van der Waals surface area contributed by atoms with Crippen LogP contribution in [0, 0.1) is 0 Å². The van der Waals surface area contributed by atoms with Crippen molar-refractivity contribution >= 4 is 5.96 Å². The number of hydrogen-bond donors (Lipinski definition) is 2.